The Balaban J connectivity index is 4.25. The maximum absolute atomic E-state index is 12.8. The Morgan fingerprint density at radius 1 is 0.313 bits per heavy atom. The van der Waals surface area contributed by atoms with E-state index >= 15 is 0 Å². The van der Waals surface area contributed by atoms with E-state index in [-0.39, 0.29) is 31.1 Å². The van der Waals surface area contributed by atoms with Gasteiger partial charge in [0.2, 0.25) is 0 Å². The Kier molecular flexibility index (Phi) is 52.4. The summed E-state index contributed by atoms with van der Waals surface area (Å²) in [5.74, 6) is -0.910. The predicted octanol–water partition coefficient (Wildman–Crippen LogP) is 18.8. The van der Waals surface area contributed by atoms with Crippen molar-refractivity contribution in [3.8, 4) is 0 Å². The van der Waals surface area contributed by atoms with Gasteiger partial charge in [-0.2, -0.15) is 0 Å². The fraction of sp³-hybridized carbons (Fsp3) is 0.721. The molecule has 0 bridgehead atoms. The fourth-order valence-electron chi connectivity index (χ4n) is 7.63. The minimum atomic E-state index is -0.787. The topological polar surface area (TPSA) is 78.9 Å². The number of hydrogen-bond acceptors (Lipinski definition) is 6. The van der Waals surface area contributed by atoms with Crippen molar-refractivity contribution in [3.05, 3.63) is 85.1 Å². The van der Waals surface area contributed by atoms with Crippen LogP contribution in [0.4, 0.5) is 0 Å². The highest BCUT2D eigenvalue weighted by Gasteiger charge is 2.19. The third-order valence-electron chi connectivity index (χ3n) is 11.8. The molecular weight excluding hydrogens is 829 g/mol. The van der Waals surface area contributed by atoms with Crippen LogP contribution < -0.4 is 0 Å². The fourth-order valence-corrected chi connectivity index (χ4v) is 7.63. The second-order valence-electron chi connectivity index (χ2n) is 18.5. The lowest BCUT2D eigenvalue weighted by Crippen LogP contribution is -2.30. The smallest absolute Gasteiger partial charge is 0.306 e. The highest BCUT2D eigenvalue weighted by molar-refractivity contribution is 5.71. The number of allylic oxidation sites excluding steroid dienone is 14. The Labute approximate surface area is 414 Å². The predicted molar refractivity (Wildman–Crippen MR) is 288 cm³/mol. The van der Waals surface area contributed by atoms with E-state index in [1.165, 1.54) is 103 Å². The van der Waals surface area contributed by atoms with Crippen molar-refractivity contribution in [3.63, 3.8) is 0 Å². The Morgan fingerprint density at radius 2 is 0.612 bits per heavy atom. The van der Waals surface area contributed by atoms with Crippen LogP contribution in [-0.2, 0) is 28.6 Å². The molecule has 0 spiro atoms. The summed E-state index contributed by atoms with van der Waals surface area (Å²) in [5.41, 5.74) is 0. The summed E-state index contributed by atoms with van der Waals surface area (Å²) < 4.78 is 16.8. The molecule has 0 aromatic rings. The molecule has 0 aromatic heterocycles. The third-order valence-corrected chi connectivity index (χ3v) is 11.8. The number of hydrogen-bond donors (Lipinski definition) is 0. The monoisotopic (exact) mass is 933 g/mol. The van der Waals surface area contributed by atoms with Crippen LogP contribution in [0, 0.1) is 0 Å². The first kappa shape index (κ1) is 63.6. The molecule has 0 heterocycles. The maximum atomic E-state index is 12.8. The summed E-state index contributed by atoms with van der Waals surface area (Å²) >= 11 is 0. The van der Waals surface area contributed by atoms with Crippen molar-refractivity contribution < 1.29 is 28.6 Å². The standard InChI is InChI=1S/C61H104O6/c1-4-7-10-13-16-19-22-24-26-27-28-29-30-31-32-33-34-35-36-38-39-42-45-48-51-54-60(63)66-57-58(56-65-59(62)53-50-47-44-41-21-18-15-12-9-6-3)67-61(64)55-52-49-46-43-40-37-25-23-20-17-14-11-8-5-2/h7,10,12,14-17,19,23-26,28-29,58H,4-6,8-9,11,13,18,20-22,27,30-57H2,1-3H3/b10-7-,15-12-,17-14-,19-16-,25-23-,26-24-,29-28-. The van der Waals surface area contributed by atoms with E-state index in [0.29, 0.717) is 19.3 Å². The number of unbranched alkanes of at least 4 members (excludes halogenated alkanes) is 25. The second-order valence-corrected chi connectivity index (χ2v) is 18.5. The summed E-state index contributed by atoms with van der Waals surface area (Å²) in [6, 6.07) is 0. The maximum Gasteiger partial charge on any atom is 0.306 e. The van der Waals surface area contributed by atoms with Gasteiger partial charge in [0.05, 0.1) is 0 Å². The molecule has 1 atom stereocenters. The second kappa shape index (κ2) is 55.2. The average Bonchev–Trinajstić information content (AvgIpc) is 3.33. The van der Waals surface area contributed by atoms with Gasteiger partial charge >= 0.3 is 17.9 Å². The van der Waals surface area contributed by atoms with Gasteiger partial charge in [0.25, 0.3) is 0 Å². The van der Waals surface area contributed by atoms with Crippen LogP contribution in [0.5, 0.6) is 0 Å². The zero-order valence-electron chi connectivity index (χ0n) is 43.9. The molecule has 0 aromatic carbocycles. The molecule has 384 valence electrons. The zero-order valence-corrected chi connectivity index (χ0v) is 43.9. The molecule has 0 aliphatic heterocycles. The molecule has 0 fully saturated rings. The van der Waals surface area contributed by atoms with E-state index in [1.807, 2.05) is 0 Å². The summed E-state index contributed by atoms with van der Waals surface area (Å²) in [7, 11) is 0. The van der Waals surface area contributed by atoms with E-state index in [9.17, 15) is 14.4 Å². The minimum Gasteiger partial charge on any atom is -0.462 e. The minimum absolute atomic E-state index is 0.0854. The lowest BCUT2D eigenvalue weighted by atomic mass is 10.0. The molecule has 67 heavy (non-hydrogen) atoms. The molecule has 6 nitrogen and oxygen atoms in total. The molecule has 0 amide bonds. The van der Waals surface area contributed by atoms with Gasteiger partial charge in [-0.3, -0.25) is 14.4 Å². The van der Waals surface area contributed by atoms with Gasteiger partial charge in [0, 0.05) is 19.3 Å². The number of ether oxygens (including phenoxy) is 3. The molecule has 0 saturated carbocycles. The SMILES string of the molecule is CC/C=C\C/C=C\C/C=C\C/C=C\CCCCCCCCCCCCCCC(=O)OCC(COC(=O)CCCCCCC/C=C\CCC)OC(=O)CCCCCCC/C=C\C/C=C\CCCC. The molecule has 6 heteroatoms. The van der Waals surface area contributed by atoms with Crippen LogP contribution in [0.15, 0.2) is 85.1 Å². The van der Waals surface area contributed by atoms with Crippen LogP contribution in [0.3, 0.4) is 0 Å². The molecule has 0 rings (SSSR count). The molecule has 0 aliphatic carbocycles. The summed E-state index contributed by atoms with van der Waals surface area (Å²) in [4.78, 5) is 38.0. The van der Waals surface area contributed by atoms with Crippen LogP contribution >= 0.6 is 0 Å². The molecule has 1 unspecified atom stereocenters. The average molecular weight is 933 g/mol. The van der Waals surface area contributed by atoms with Gasteiger partial charge in [-0.05, 0) is 103 Å². The summed E-state index contributed by atoms with van der Waals surface area (Å²) in [6.07, 6.45) is 71.5. The summed E-state index contributed by atoms with van der Waals surface area (Å²) in [5, 5.41) is 0. The quantitative estimate of drug-likeness (QED) is 0.0262. The van der Waals surface area contributed by atoms with Crippen LogP contribution in [0.2, 0.25) is 0 Å². The van der Waals surface area contributed by atoms with Crippen LogP contribution in [-0.4, -0.2) is 37.2 Å². The Bertz CT molecular complexity index is 1300. The van der Waals surface area contributed by atoms with Gasteiger partial charge in [-0.25, -0.2) is 0 Å². The largest absolute Gasteiger partial charge is 0.462 e. The van der Waals surface area contributed by atoms with Crippen LogP contribution in [0.1, 0.15) is 265 Å². The molecule has 0 aliphatic rings. The van der Waals surface area contributed by atoms with E-state index in [1.54, 1.807) is 0 Å². The lowest BCUT2D eigenvalue weighted by Gasteiger charge is -2.18. The normalized spacial score (nSPS) is 12.7. The summed E-state index contributed by atoms with van der Waals surface area (Å²) in [6.45, 7) is 6.41. The lowest BCUT2D eigenvalue weighted by molar-refractivity contribution is -0.167. The van der Waals surface area contributed by atoms with Gasteiger partial charge in [-0.1, -0.05) is 228 Å². The number of carbonyl (C=O) groups is 3. The highest BCUT2D eigenvalue weighted by Crippen LogP contribution is 2.15. The first-order valence-electron chi connectivity index (χ1n) is 28.1. The first-order valence-corrected chi connectivity index (χ1v) is 28.1. The molecule has 0 N–H and O–H groups in total. The van der Waals surface area contributed by atoms with Crippen LogP contribution in [0.25, 0.3) is 0 Å². The van der Waals surface area contributed by atoms with Crippen molar-refractivity contribution in [2.75, 3.05) is 13.2 Å². The van der Waals surface area contributed by atoms with Gasteiger partial charge in [0.1, 0.15) is 13.2 Å². The van der Waals surface area contributed by atoms with Crippen molar-refractivity contribution in [2.45, 2.75) is 271 Å². The molecule has 0 saturated heterocycles. The highest BCUT2D eigenvalue weighted by atomic mass is 16.6. The first-order chi connectivity index (χ1) is 33.0. The third kappa shape index (κ3) is 53.4. The van der Waals surface area contributed by atoms with Gasteiger partial charge in [-0.15, -0.1) is 0 Å². The Morgan fingerprint density at radius 3 is 0.985 bits per heavy atom. The number of carbonyl (C=O) groups excluding carboxylic acids is 3. The van der Waals surface area contributed by atoms with Crippen molar-refractivity contribution in [1.29, 1.82) is 0 Å². The number of esters is 3. The van der Waals surface area contributed by atoms with Crippen molar-refractivity contribution in [1.82, 2.24) is 0 Å². The number of rotatable bonds is 50. The van der Waals surface area contributed by atoms with Crippen molar-refractivity contribution >= 4 is 17.9 Å². The Hall–Kier alpha value is -3.41. The molecule has 0 radical (unpaired) electrons. The van der Waals surface area contributed by atoms with Gasteiger partial charge < -0.3 is 14.2 Å². The van der Waals surface area contributed by atoms with E-state index in [4.69, 9.17) is 14.2 Å². The zero-order chi connectivity index (χ0) is 48.6. The van der Waals surface area contributed by atoms with E-state index < -0.39 is 6.10 Å². The van der Waals surface area contributed by atoms with Gasteiger partial charge in [0.15, 0.2) is 6.10 Å². The van der Waals surface area contributed by atoms with E-state index in [0.717, 1.165) is 122 Å². The van der Waals surface area contributed by atoms with Crippen molar-refractivity contribution in [2.24, 2.45) is 0 Å². The molecular formula is C61H104O6. The van der Waals surface area contributed by atoms with E-state index in [2.05, 4.69) is 106 Å².